The maximum Gasteiger partial charge on any atom is 0.215 e. The van der Waals surface area contributed by atoms with Gasteiger partial charge in [0.1, 0.15) is 5.54 Å². The van der Waals surface area contributed by atoms with Crippen molar-refractivity contribution < 1.29 is 13.2 Å². The number of hydrogen-bond acceptors (Lipinski definition) is 4. The monoisotopic (exact) mass is 302 g/mol. The number of rotatable bonds is 7. The van der Waals surface area contributed by atoms with Crippen LogP contribution in [0, 0.1) is 17.2 Å². The minimum absolute atomic E-state index is 0.00937. The lowest BCUT2D eigenvalue weighted by molar-refractivity contribution is 0.0910. The van der Waals surface area contributed by atoms with Crippen molar-refractivity contribution in [3.63, 3.8) is 0 Å². The molecule has 0 aromatic carbocycles. The standard InChI is InChI=1S/C14H26N2O3S/c1-4-13-5-7-14(11-15,8-6-13)16-20(17,18)10-9-19-12(2)3/h12-13,16H,4-10H2,1-3H3. The van der Waals surface area contributed by atoms with Gasteiger partial charge in [-0.15, -0.1) is 0 Å². The van der Waals surface area contributed by atoms with Crippen molar-refractivity contribution in [1.29, 1.82) is 5.26 Å². The molecule has 0 aromatic rings. The van der Waals surface area contributed by atoms with Crippen LogP contribution in [0.15, 0.2) is 0 Å². The van der Waals surface area contributed by atoms with Crippen LogP contribution >= 0.6 is 0 Å². The van der Waals surface area contributed by atoms with Gasteiger partial charge in [-0.05, 0) is 45.4 Å². The summed E-state index contributed by atoms with van der Waals surface area (Å²) in [6.45, 7) is 6.02. The number of nitriles is 1. The Kier molecular flexibility index (Phi) is 6.44. The van der Waals surface area contributed by atoms with E-state index in [1.807, 2.05) is 13.8 Å². The van der Waals surface area contributed by atoms with Crippen LogP contribution in [0.4, 0.5) is 0 Å². The predicted molar refractivity (Wildman–Crippen MR) is 78.6 cm³/mol. The highest BCUT2D eigenvalue weighted by Crippen LogP contribution is 2.33. The van der Waals surface area contributed by atoms with Gasteiger partial charge in [-0.1, -0.05) is 13.3 Å². The molecule has 1 aliphatic rings. The van der Waals surface area contributed by atoms with Crippen molar-refractivity contribution in [1.82, 2.24) is 4.72 Å². The molecule has 0 saturated heterocycles. The molecule has 1 rings (SSSR count). The molecule has 0 atom stereocenters. The zero-order valence-corrected chi connectivity index (χ0v) is 13.5. The Labute approximate surface area is 122 Å². The summed E-state index contributed by atoms with van der Waals surface area (Å²) in [6, 6.07) is 2.19. The second-order valence-electron chi connectivity index (χ2n) is 5.89. The van der Waals surface area contributed by atoms with Gasteiger partial charge in [-0.25, -0.2) is 8.42 Å². The van der Waals surface area contributed by atoms with Gasteiger partial charge >= 0.3 is 0 Å². The molecule has 1 saturated carbocycles. The van der Waals surface area contributed by atoms with Gasteiger partial charge in [0, 0.05) is 0 Å². The van der Waals surface area contributed by atoms with E-state index in [4.69, 9.17) is 4.74 Å². The van der Waals surface area contributed by atoms with Crippen LogP contribution in [0.25, 0.3) is 0 Å². The number of nitrogens with one attached hydrogen (secondary N) is 1. The largest absolute Gasteiger partial charge is 0.378 e. The Hall–Kier alpha value is -0.640. The first kappa shape index (κ1) is 17.4. The van der Waals surface area contributed by atoms with Gasteiger partial charge in [0.15, 0.2) is 0 Å². The lowest BCUT2D eigenvalue weighted by Crippen LogP contribution is -2.50. The van der Waals surface area contributed by atoms with Crippen LogP contribution in [0.2, 0.25) is 0 Å². The molecule has 116 valence electrons. The van der Waals surface area contributed by atoms with E-state index in [2.05, 4.69) is 17.7 Å². The third-order valence-electron chi connectivity index (χ3n) is 3.90. The Morgan fingerprint density at radius 3 is 2.45 bits per heavy atom. The summed E-state index contributed by atoms with van der Waals surface area (Å²) in [5, 5.41) is 9.37. The first-order chi connectivity index (χ1) is 9.32. The molecule has 0 heterocycles. The summed E-state index contributed by atoms with van der Waals surface area (Å²) in [5.41, 5.74) is -0.914. The number of sulfonamides is 1. The third-order valence-corrected chi connectivity index (χ3v) is 5.31. The van der Waals surface area contributed by atoms with E-state index in [9.17, 15) is 13.7 Å². The number of ether oxygens (including phenoxy) is 1. The van der Waals surface area contributed by atoms with Crippen LogP contribution in [0.5, 0.6) is 0 Å². The van der Waals surface area contributed by atoms with Crippen LogP contribution in [-0.2, 0) is 14.8 Å². The second-order valence-corrected chi connectivity index (χ2v) is 7.73. The maximum atomic E-state index is 12.1. The Balaban J connectivity index is 2.57. The molecular formula is C14H26N2O3S. The summed E-state index contributed by atoms with van der Waals surface area (Å²) in [4.78, 5) is 0. The van der Waals surface area contributed by atoms with Gasteiger partial charge in [-0.2, -0.15) is 9.98 Å². The molecule has 1 aliphatic carbocycles. The van der Waals surface area contributed by atoms with Crippen molar-refractivity contribution in [3.05, 3.63) is 0 Å². The summed E-state index contributed by atoms with van der Waals surface area (Å²) < 4.78 is 32.0. The molecule has 0 bridgehead atoms. The van der Waals surface area contributed by atoms with E-state index >= 15 is 0 Å². The third kappa shape index (κ3) is 5.39. The van der Waals surface area contributed by atoms with E-state index in [1.165, 1.54) is 0 Å². The molecule has 0 amide bonds. The fourth-order valence-corrected chi connectivity index (χ4v) is 3.82. The zero-order valence-electron chi connectivity index (χ0n) is 12.7. The molecule has 5 nitrogen and oxygen atoms in total. The van der Waals surface area contributed by atoms with Gasteiger partial charge < -0.3 is 4.74 Å². The molecule has 0 spiro atoms. The van der Waals surface area contributed by atoms with E-state index in [1.54, 1.807) is 0 Å². The number of hydrogen-bond donors (Lipinski definition) is 1. The lowest BCUT2D eigenvalue weighted by atomic mass is 9.77. The summed E-state index contributed by atoms with van der Waals surface area (Å²) in [5.74, 6) is 0.525. The predicted octanol–water partition coefficient (Wildman–Crippen LogP) is 2.19. The SMILES string of the molecule is CCC1CCC(C#N)(NS(=O)(=O)CCOC(C)C)CC1. The fourth-order valence-electron chi connectivity index (χ4n) is 2.56. The van der Waals surface area contributed by atoms with Crippen LogP contribution < -0.4 is 4.72 Å². The van der Waals surface area contributed by atoms with Gasteiger partial charge in [0.25, 0.3) is 0 Å². The fraction of sp³-hybridized carbons (Fsp3) is 0.929. The normalized spacial score (nSPS) is 27.4. The molecule has 20 heavy (non-hydrogen) atoms. The lowest BCUT2D eigenvalue weighted by Gasteiger charge is -2.34. The van der Waals surface area contributed by atoms with Crippen molar-refractivity contribution in [2.75, 3.05) is 12.4 Å². The minimum atomic E-state index is -3.47. The first-order valence-corrected chi connectivity index (χ1v) is 9.02. The van der Waals surface area contributed by atoms with Crippen LogP contribution in [-0.4, -0.2) is 32.4 Å². The zero-order chi connectivity index (χ0) is 15.2. The summed E-state index contributed by atoms with van der Waals surface area (Å²) in [7, 11) is -3.47. The second kappa shape index (κ2) is 7.39. The molecular weight excluding hydrogens is 276 g/mol. The maximum absolute atomic E-state index is 12.1. The molecule has 1 N–H and O–H groups in total. The van der Waals surface area contributed by atoms with Crippen molar-refractivity contribution in [2.24, 2.45) is 5.92 Å². The van der Waals surface area contributed by atoms with Crippen LogP contribution in [0.3, 0.4) is 0 Å². The first-order valence-electron chi connectivity index (χ1n) is 7.37. The van der Waals surface area contributed by atoms with E-state index in [-0.39, 0.29) is 18.5 Å². The Bertz CT molecular complexity index is 432. The summed E-state index contributed by atoms with van der Waals surface area (Å²) >= 11 is 0. The van der Waals surface area contributed by atoms with Gasteiger partial charge in [0.05, 0.1) is 24.5 Å². The van der Waals surface area contributed by atoms with Gasteiger partial charge in [-0.3, -0.25) is 0 Å². The minimum Gasteiger partial charge on any atom is -0.378 e. The highest BCUT2D eigenvalue weighted by Gasteiger charge is 2.38. The smallest absolute Gasteiger partial charge is 0.215 e. The molecule has 0 radical (unpaired) electrons. The Morgan fingerprint density at radius 2 is 2.00 bits per heavy atom. The molecule has 1 fully saturated rings. The quantitative estimate of drug-likeness (QED) is 0.782. The van der Waals surface area contributed by atoms with Crippen LogP contribution in [0.1, 0.15) is 52.9 Å². The average Bonchev–Trinajstić information content (AvgIpc) is 2.38. The van der Waals surface area contributed by atoms with E-state index < -0.39 is 15.6 Å². The average molecular weight is 302 g/mol. The van der Waals surface area contributed by atoms with Crippen molar-refractivity contribution in [2.45, 2.75) is 64.5 Å². The highest BCUT2D eigenvalue weighted by atomic mass is 32.2. The molecule has 0 unspecified atom stereocenters. The highest BCUT2D eigenvalue weighted by molar-refractivity contribution is 7.89. The van der Waals surface area contributed by atoms with E-state index in [0.717, 1.165) is 19.3 Å². The van der Waals surface area contributed by atoms with Crippen molar-refractivity contribution in [3.8, 4) is 6.07 Å². The van der Waals surface area contributed by atoms with E-state index in [0.29, 0.717) is 18.8 Å². The Morgan fingerprint density at radius 1 is 1.40 bits per heavy atom. The number of nitrogens with zero attached hydrogens (tertiary/aromatic N) is 1. The summed E-state index contributed by atoms with van der Waals surface area (Å²) in [6.07, 6.45) is 4.13. The molecule has 6 heteroatoms. The topological polar surface area (TPSA) is 79.2 Å². The van der Waals surface area contributed by atoms with Gasteiger partial charge in [0.2, 0.25) is 10.0 Å². The molecule has 0 aliphatic heterocycles. The molecule has 0 aromatic heterocycles. The van der Waals surface area contributed by atoms with Crippen molar-refractivity contribution >= 4 is 10.0 Å².